The summed E-state index contributed by atoms with van der Waals surface area (Å²) in [4.78, 5) is 22.6. The van der Waals surface area contributed by atoms with Crippen LogP contribution in [0, 0.1) is 0 Å². The van der Waals surface area contributed by atoms with Gasteiger partial charge in [0.15, 0.2) is 5.65 Å². The average Bonchev–Trinajstić information content (AvgIpc) is 3.64. The van der Waals surface area contributed by atoms with Gasteiger partial charge in [-0.15, -0.1) is 0 Å². The number of hydrogen-bond acceptors (Lipinski definition) is 5. The number of pyridine rings is 1. The second-order valence-corrected chi connectivity index (χ2v) is 13.7. The molecule has 2 fully saturated rings. The minimum atomic E-state index is -0.0367. The molecule has 7 rings (SSSR count). The van der Waals surface area contributed by atoms with Crippen molar-refractivity contribution in [3.8, 4) is 22.4 Å². The number of ether oxygens (including phenoxy) is 1. The lowest BCUT2D eigenvalue weighted by Gasteiger charge is -2.41. The van der Waals surface area contributed by atoms with Crippen molar-refractivity contribution in [1.82, 2.24) is 25.0 Å². The molecule has 44 heavy (non-hydrogen) atoms. The summed E-state index contributed by atoms with van der Waals surface area (Å²) in [5, 5.41) is 9.06. The van der Waals surface area contributed by atoms with Gasteiger partial charge >= 0.3 is 0 Å². The molecule has 2 atom stereocenters. The number of carbonyl (C=O) groups is 1. The standard InChI is InChI=1S/C36H42ClN5O2/c1-23-5-4-16-42(23)36(2)14-10-24-6-7-25(19-26(24)11-15-36)28-20-31-33(39-40-34(31)38-22-28)27-8-9-30(32(37)21-27)35(43)41-17-12-29(44-3)13-18-41/h6-9,19-23,29H,4-5,10-18H2,1-3H3,(H,38,39,40)/t23-,36?/m1/s1. The smallest absolute Gasteiger partial charge is 0.255 e. The fourth-order valence-corrected chi connectivity index (χ4v) is 8.08. The number of hydrogen-bond donors (Lipinski definition) is 1. The molecule has 7 nitrogen and oxygen atoms in total. The SMILES string of the molecule is COC1CCN(C(=O)c2ccc(-c3n[nH]c4ncc(-c5ccc6c(c5)CCC(C)(N5CCC[C@H]5C)CC6)cc34)cc2Cl)CC1. The maximum atomic E-state index is 13.2. The van der Waals surface area contributed by atoms with E-state index < -0.39 is 0 Å². The first kappa shape index (κ1) is 29.5. The van der Waals surface area contributed by atoms with Crippen molar-refractivity contribution in [2.75, 3.05) is 26.7 Å². The topological polar surface area (TPSA) is 74.3 Å². The van der Waals surface area contributed by atoms with Crippen molar-refractivity contribution in [3.63, 3.8) is 0 Å². The van der Waals surface area contributed by atoms with E-state index in [0.29, 0.717) is 29.7 Å². The van der Waals surface area contributed by atoms with Crippen molar-refractivity contribution in [1.29, 1.82) is 0 Å². The van der Waals surface area contributed by atoms with E-state index >= 15 is 0 Å². The Kier molecular flexibility index (Phi) is 7.98. The fraction of sp³-hybridized carbons (Fsp3) is 0.472. The van der Waals surface area contributed by atoms with E-state index in [2.05, 4.69) is 53.2 Å². The zero-order valence-corrected chi connectivity index (χ0v) is 26.8. The van der Waals surface area contributed by atoms with Gasteiger partial charge in [-0.2, -0.15) is 5.10 Å². The zero-order chi connectivity index (χ0) is 30.4. The Morgan fingerprint density at radius 2 is 1.75 bits per heavy atom. The lowest BCUT2D eigenvalue weighted by atomic mass is 9.89. The summed E-state index contributed by atoms with van der Waals surface area (Å²) in [5.41, 5.74) is 8.34. The van der Waals surface area contributed by atoms with Crippen LogP contribution in [0.1, 0.15) is 73.9 Å². The van der Waals surface area contributed by atoms with E-state index in [1.807, 2.05) is 29.3 Å². The Morgan fingerprint density at radius 3 is 2.48 bits per heavy atom. The first-order valence-electron chi connectivity index (χ1n) is 16.2. The third kappa shape index (κ3) is 5.44. The molecule has 1 amide bonds. The number of benzene rings is 2. The van der Waals surface area contributed by atoms with Gasteiger partial charge in [0.2, 0.25) is 0 Å². The number of amides is 1. The quantitative estimate of drug-likeness (QED) is 0.239. The number of halogens is 1. The van der Waals surface area contributed by atoms with Gasteiger partial charge in [0, 0.05) is 54.5 Å². The summed E-state index contributed by atoms with van der Waals surface area (Å²) in [6, 6.07) is 15.4. The van der Waals surface area contributed by atoms with Crippen molar-refractivity contribution >= 4 is 28.5 Å². The summed E-state index contributed by atoms with van der Waals surface area (Å²) >= 11 is 6.72. The number of piperidine rings is 1. The van der Waals surface area contributed by atoms with Crippen molar-refractivity contribution in [2.45, 2.75) is 82.9 Å². The van der Waals surface area contributed by atoms with Crippen LogP contribution in [0.4, 0.5) is 0 Å². The Labute approximate surface area is 264 Å². The van der Waals surface area contributed by atoms with Gasteiger partial charge in [-0.1, -0.05) is 35.9 Å². The number of aromatic amines is 1. The molecule has 2 saturated heterocycles. The molecular weight excluding hydrogens is 570 g/mol. The van der Waals surface area contributed by atoms with Crippen LogP contribution in [0.15, 0.2) is 48.7 Å². The van der Waals surface area contributed by atoms with E-state index in [1.54, 1.807) is 7.11 Å². The number of methoxy groups -OCH3 is 1. The molecule has 4 aromatic rings. The van der Waals surface area contributed by atoms with E-state index in [0.717, 1.165) is 53.5 Å². The number of carbonyl (C=O) groups excluding carboxylic acids is 1. The molecule has 1 unspecified atom stereocenters. The van der Waals surface area contributed by atoms with Gasteiger partial charge in [-0.05, 0) is 107 Å². The minimum absolute atomic E-state index is 0.0367. The van der Waals surface area contributed by atoms with E-state index in [-0.39, 0.29) is 17.6 Å². The third-order valence-corrected chi connectivity index (χ3v) is 10.9. The van der Waals surface area contributed by atoms with Crippen LogP contribution in [0.2, 0.25) is 5.02 Å². The third-order valence-electron chi connectivity index (χ3n) is 10.6. The first-order chi connectivity index (χ1) is 21.3. The van der Waals surface area contributed by atoms with Crippen LogP contribution in [0.25, 0.3) is 33.4 Å². The largest absolute Gasteiger partial charge is 0.381 e. The minimum Gasteiger partial charge on any atom is -0.381 e. The molecular formula is C36H42ClN5O2. The summed E-state index contributed by atoms with van der Waals surface area (Å²) in [6.07, 6.45) is 11.1. The number of rotatable bonds is 5. The highest BCUT2D eigenvalue weighted by Gasteiger charge is 2.38. The number of likely N-dealkylation sites (tertiary alicyclic amines) is 2. The second-order valence-electron chi connectivity index (χ2n) is 13.3. The summed E-state index contributed by atoms with van der Waals surface area (Å²) in [7, 11) is 1.73. The predicted octanol–water partition coefficient (Wildman–Crippen LogP) is 7.32. The molecule has 0 radical (unpaired) electrons. The van der Waals surface area contributed by atoms with Crippen molar-refractivity contribution in [3.05, 3.63) is 70.4 Å². The van der Waals surface area contributed by atoms with Crippen LogP contribution < -0.4 is 0 Å². The molecule has 1 aliphatic carbocycles. The lowest BCUT2D eigenvalue weighted by molar-refractivity contribution is 0.0351. The molecule has 2 aromatic carbocycles. The highest BCUT2D eigenvalue weighted by molar-refractivity contribution is 6.34. The fourth-order valence-electron chi connectivity index (χ4n) is 7.82. The summed E-state index contributed by atoms with van der Waals surface area (Å²) < 4.78 is 5.45. The zero-order valence-electron chi connectivity index (χ0n) is 26.0. The van der Waals surface area contributed by atoms with Gasteiger partial charge in [0.05, 0.1) is 16.7 Å². The number of H-pyrrole nitrogens is 1. The molecule has 0 bridgehead atoms. The second kappa shape index (κ2) is 11.9. The van der Waals surface area contributed by atoms with Gasteiger partial charge in [0.1, 0.15) is 5.69 Å². The maximum Gasteiger partial charge on any atom is 0.255 e. The molecule has 0 spiro atoms. The molecule has 4 heterocycles. The molecule has 2 aliphatic heterocycles. The van der Waals surface area contributed by atoms with Crippen LogP contribution >= 0.6 is 11.6 Å². The lowest BCUT2D eigenvalue weighted by Crippen LogP contribution is -2.48. The summed E-state index contributed by atoms with van der Waals surface area (Å²) in [5.74, 6) is -0.0367. The normalized spacial score (nSPS) is 23.2. The van der Waals surface area contributed by atoms with Gasteiger partial charge < -0.3 is 9.64 Å². The molecule has 0 saturated carbocycles. The van der Waals surface area contributed by atoms with Crippen LogP contribution in [-0.2, 0) is 17.6 Å². The maximum absolute atomic E-state index is 13.2. The molecule has 2 aromatic heterocycles. The van der Waals surface area contributed by atoms with Crippen LogP contribution in [0.5, 0.6) is 0 Å². The molecule has 1 N–H and O–H groups in total. The Bertz CT molecular complexity index is 1690. The molecule has 8 heteroatoms. The first-order valence-corrected chi connectivity index (χ1v) is 16.6. The van der Waals surface area contributed by atoms with Gasteiger partial charge in [-0.25, -0.2) is 4.98 Å². The van der Waals surface area contributed by atoms with Crippen molar-refractivity contribution in [2.24, 2.45) is 0 Å². The van der Waals surface area contributed by atoms with Gasteiger partial charge in [-0.3, -0.25) is 14.8 Å². The monoisotopic (exact) mass is 611 g/mol. The predicted molar refractivity (Wildman–Crippen MR) is 176 cm³/mol. The highest BCUT2D eigenvalue weighted by Crippen LogP contribution is 2.38. The average molecular weight is 612 g/mol. The molecule has 3 aliphatic rings. The highest BCUT2D eigenvalue weighted by atomic mass is 35.5. The number of nitrogens with one attached hydrogen (secondary N) is 1. The Balaban J connectivity index is 1.13. The number of aromatic nitrogens is 3. The number of aryl methyl sites for hydroxylation is 2. The Morgan fingerprint density at radius 1 is 0.977 bits per heavy atom. The number of fused-ring (bicyclic) bond motifs is 2. The van der Waals surface area contributed by atoms with E-state index in [1.165, 1.54) is 48.9 Å². The van der Waals surface area contributed by atoms with Crippen molar-refractivity contribution < 1.29 is 9.53 Å². The van der Waals surface area contributed by atoms with Crippen LogP contribution in [-0.4, -0.2) is 75.3 Å². The van der Waals surface area contributed by atoms with Gasteiger partial charge in [0.25, 0.3) is 5.91 Å². The molecule has 230 valence electrons. The summed E-state index contributed by atoms with van der Waals surface area (Å²) in [6.45, 7) is 7.47. The van der Waals surface area contributed by atoms with E-state index in [4.69, 9.17) is 21.3 Å². The Hall–Kier alpha value is -3.26. The van der Waals surface area contributed by atoms with E-state index in [9.17, 15) is 4.79 Å². The number of nitrogens with zero attached hydrogens (tertiary/aromatic N) is 4. The van der Waals surface area contributed by atoms with Crippen LogP contribution in [0.3, 0.4) is 0 Å².